The van der Waals surface area contributed by atoms with Crippen molar-refractivity contribution in [1.82, 2.24) is 9.80 Å². The van der Waals surface area contributed by atoms with Gasteiger partial charge in [-0.05, 0) is 36.6 Å². The molecule has 0 radical (unpaired) electrons. The third-order valence-corrected chi connectivity index (χ3v) is 4.31. The summed E-state index contributed by atoms with van der Waals surface area (Å²) in [7, 11) is 0. The first kappa shape index (κ1) is 19.3. The second-order valence-electron chi connectivity index (χ2n) is 6.68. The molecular formula is C18H23F3N2O2. The second kappa shape index (κ2) is 7.89. The van der Waals surface area contributed by atoms with Gasteiger partial charge in [-0.3, -0.25) is 9.59 Å². The van der Waals surface area contributed by atoms with Crippen molar-refractivity contribution in [2.45, 2.75) is 32.9 Å². The zero-order valence-electron chi connectivity index (χ0n) is 14.5. The molecule has 0 saturated carbocycles. The first-order valence-corrected chi connectivity index (χ1v) is 8.43. The number of halogens is 3. The van der Waals surface area contributed by atoms with Crippen molar-refractivity contribution >= 4 is 11.8 Å². The van der Waals surface area contributed by atoms with Crippen molar-refractivity contribution in [2.75, 3.05) is 26.2 Å². The molecule has 0 aromatic heterocycles. The molecule has 0 unspecified atom stereocenters. The number of piperazine rings is 1. The maximum absolute atomic E-state index is 12.6. The van der Waals surface area contributed by atoms with E-state index in [4.69, 9.17) is 0 Å². The highest BCUT2D eigenvalue weighted by atomic mass is 19.4. The minimum atomic E-state index is -4.41. The minimum Gasteiger partial charge on any atom is -0.339 e. The molecule has 0 atom stereocenters. The molecule has 25 heavy (non-hydrogen) atoms. The summed E-state index contributed by atoms with van der Waals surface area (Å²) in [5, 5.41) is 0. The molecule has 1 saturated heterocycles. The second-order valence-corrected chi connectivity index (χ2v) is 6.68. The lowest BCUT2D eigenvalue weighted by Crippen LogP contribution is -2.50. The zero-order chi connectivity index (χ0) is 18.6. The van der Waals surface area contributed by atoms with E-state index < -0.39 is 11.7 Å². The Morgan fingerprint density at radius 2 is 1.52 bits per heavy atom. The highest BCUT2D eigenvalue weighted by Gasteiger charge is 2.31. The van der Waals surface area contributed by atoms with Crippen LogP contribution in [0.4, 0.5) is 13.2 Å². The first-order valence-electron chi connectivity index (χ1n) is 8.43. The Morgan fingerprint density at radius 3 is 2.00 bits per heavy atom. The van der Waals surface area contributed by atoms with Gasteiger partial charge in [0.05, 0.1) is 5.56 Å². The van der Waals surface area contributed by atoms with Crippen LogP contribution in [-0.4, -0.2) is 47.8 Å². The van der Waals surface area contributed by atoms with E-state index in [1.165, 1.54) is 12.1 Å². The lowest BCUT2D eigenvalue weighted by atomic mass is 10.1. The SMILES string of the molecule is CC(C)CCC(=O)N1CCN(C(=O)c2ccc(C(F)(F)F)cc2)CC1. The first-order chi connectivity index (χ1) is 11.7. The molecule has 1 aliphatic rings. The van der Waals surface area contributed by atoms with Crippen molar-refractivity contribution in [3.8, 4) is 0 Å². The third-order valence-electron chi connectivity index (χ3n) is 4.31. The summed E-state index contributed by atoms with van der Waals surface area (Å²) in [4.78, 5) is 27.8. The summed E-state index contributed by atoms with van der Waals surface area (Å²) in [5.74, 6) is 0.254. The summed E-state index contributed by atoms with van der Waals surface area (Å²) < 4.78 is 37.7. The fourth-order valence-corrected chi connectivity index (χ4v) is 2.71. The quantitative estimate of drug-likeness (QED) is 0.829. The van der Waals surface area contributed by atoms with Crippen LogP contribution >= 0.6 is 0 Å². The van der Waals surface area contributed by atoms with Gasteiger partial charge in [-0.25, -0.2) is 0 Å². The van der Waals surface area contributed by atoms with Crippen LogP contribution < -0.4 is 0 Å². The molecule has 7 heteroatoms. The van der Waals surface area contributed by atoms with E-state index in [1.54, 1.807) is 9.80 Å². The van der Waals surface area contributed by atoms with E-state index in [0.717, 1.165) is 18.6 Å². The summed E-state index contributed by atoms with van der Waals surface area (Å²) >= 11 is 0. The van der Waals surface area contributed by atoms with Gasteiger partial charge in [0, 0.05) is 38.2 Å². The average molecular weight is 356 g/mol. The Kier molecular flexibility index (Phi) is 6.08. The maximum Gasteiger partial charge on any atom is 0.416 e. The minimum absolute atomic E-state index is 0.0929. The predicted molar refractivity (Wildman–Crippen MR) is 88.0 cm³/mol. The van der Waals surface area contributed by atoms with Crippen LogP contribution in [0.3, 0.4) is 0 Å². The molecule has 1 heterocycles. The van der Waals surface area contributed by atoms with Gasteiger partial charge in [0.1, 0.15) is 0 Å². The van der Waals surface area contributed by atoms with Gasteiger partial charge in [0.15, 0.2) is 0 Å². The van der Waals surface area contributed by atoms with Gasteiger partial charge in [-0.15, -0.1) is 0 Å². The standard InChI is InChI=1S/C18H23F3N2O2/c1-13(2)3-8-16(24)22-9-11-23(12-10-22)17(25)14-4-6-15(7-5-14)18(19,20)21/h4-7,13H,3,8-12H2,1-2H3. The smallest absolute Gasteiger partial charge is 0.339 e. The molecule has 0 bridgehead atoms. The number of carbonyl (C=O) groups excluding carboxylic acids is 2. The molecule has 2 rings (SSSR count). The summed E-state index contributed by atoms with van der Waals surface area (Å²) in [6.45, 7) is 5.84. The number of hydrogen-bond donors (Lipinski definition) is 0. The number of nitrogens with zero attached hydrogens (tertiary/aromatic N) is 2. The lowest BCUT2D eigenvalue weighted by molar-refractivity contribution is -0.137. The van der Waals surface area contributed by atoms with Crippen molar-refractivity contribution < 1.29 is 22.8 Å². The Labute approximate surface area is 145 Å². The van der Waals surface area contributed by atoms with Gasteiger partial charge in [0.25, 0.3) is 5.91 Å². The predicted octanol–water partition coefficient (Wildman–Crippen LogP) is 3.43. The summed E-state index contributed by atoms with van der Waals surface area (Å²) in [5.41, 5.74) is -0.544. The van der Waals surface area contributed by atoms with Crippen LogP contribution in [0.1, 0.15) is 42.6 Å². The largest absolute Gasteiger partial charge is 0.416 e. The number of carbonyl (C=O) groups is 2. The van der Waals surface area contributed by atoms with Gasteiger partial charge >= 0.3 is 6.18 Å². The zero-order valence-corrected chi connectivity index (χ0v) is 14.5. The average Bonchev–Trinajstić information content (AvgIpc) is 2.58. The van der Waals surface area contributed by atoms with Crippen LogP contribution in [-0.2, 0) is 11.0 Å². The number of benzene rings is 1. The van der Waals surface area contributed by atoms with Gasteiger partial charge < -0.3 is 9.80 Å². The molecule has 1 aliphatic heterocycles. The van der Waals surface area contributed by atoms with Crippen LogP contribution in [0.15, 0.2) is 24.3 Å². The topological polar surface area (TPSA) is 40.6 Å². The maximum atomic E-state index is 12.6. The van der Waals surface area contributed by atoms with Crippen LogP contribution in [0, 0.1) is 5.92 Å². The van der Waals surface area contributed by atoms with E-state index in [9.17, 15) is 22.8 Å². The van der Waals surface area contributed by atoms with Crippen molar-refractivity contribution in [2.24, 2.45) is 5.92 Å². The number of hydrogen-bond acceptors (Lipinski definition) is 2. The van der Waals surface area contributed by atoms with Gasteiger partial charge in [0.2, 0.25) is 5.91 Å². The van der Waals surface area contributed by atoms with E-state index >= 15 is 0 Å². The highest BCUT2D eigenvalue weighted by Crippen LogP contribution is 2.29. The van der Waals surface area contributed by atoms with Crippen molar-refractivity contribution in [3.63, 3.8) is 0 Å². The summed E-state index contributed by atoms with van der Waals surface area (Å²) in [6, 6.07) is 4.23. The van der Waals surface area contributed by atoms with Crippen molar-refractivity contribution in [1.29, 1.82) is 0 Å². The Bertz CT molecular complexity index is 604. The Morgan fingerprint density at radius 1 is 1.00 bits per heavy atom. The Balaban J connectivity index is 1.90. The fourth-order valence-electron chi connectivity index (χ4n) is 2.71. The molecule has 1 fully saturated rings. The van der Waals surface area contributed by atoms with E-state index in [-0.39, 0.29) is 17.4 Å². The molecule has 138 valence electrons. The fraction of sp³-hybridized carbons (Fsp3) is 0.556. The third kappa shape index (κ3) is 5.21. The van der Waals surface area contributed by atoms with Gasteiger partial charge in [-0.2, -0.15) is 13.2 Å². The molecule has 0 spiro atoms. The molecule has 0 N–H and O–H groups in total. The number of rotatable bonds is 4. The normalized spacial score (nSPS) is 15.6. The molecule has 0 aliphatic carbocycles. The molecular weight excluding hydrogens is 333 g/mol. The van der Waals surface area contributed by atoms with E-state index in [2.05, 4.69) is 13.8 Å². The van der Waals surface area contributed by atoms with Crippen LogP contribution in [0.2, 0.25) is 0 Å². The van der Waals surface area contributed by atoms with Crippen molar-refractivity contribution in [3.05, 3.63) is 35.4 Å². The lowest BCUT2D eigenvalue weighted by Gasteiger charge is -2.35. The van der Waals surface area contributed by atoms with Gasteiger partial charge in [-0.1, -0.05) is 13.8 Å². The Hall–Kier alpha value is -2.05. The number of amides is 2. The molecule has 2 amide bonds. The number of alkyl halides is 3. The van der Waals surface area contributed by atoms with E-state index in [1.807, 2.05) is 0 Å². The van der Waals surface area contributed by atoms with E-state index in [0.29, 0.717) is 38.5 Å². The van der Waals surface area contributed by atoms with Crippen LogP contribution in [0.5, 0.6) is 0 Å². The highest BCUT2D eigenvalue weighted by molar-refractivity contribution is 5.94. The molecule has 1 aromatic rings. The summed E-state index contributed by atoms with van der Waals surface area (Å²) in [6.07, 6.45) is -3.07. The van der Waals surface area contributed by atoms with Crippen LogP contribution in [0.25, 0.3) is 0 Å². The monoisotopic (exact) mass is 356 g/mol. The molecule has 1 aromatic carbocycles. The molecule has 4 nitrogen and oxygen atoms in total.